The van der Waals surface area contributed by atoms with Gasteiger partial charge in [-0.3, -0.25) is 9.59 Å². The third kappa shape index (κ3) is 4.32. The van der Waals surface area contributed by atoms with Gasteiger partial charge in [0.1, 0.15) is 29.7 Å². The maximum atomic E-state index is 14.0. The molecule has 0 aromatic heterocycles. The first-order chi connectivity index (χ1) is 20.0. The lowest BCUT2D eigenvalue weighted by Crippen LogP contribution is -2.61. The molecule has 8 nitrogen and oxygen atoms in total. The van der Waals surface area contributed by atoms with Gasteiger partial charge in [-0.1, -0.05) is 59.6 Å². The van der Waals surface area contributed by atoms with Crippen molar-refractivity contribution in [3.8, 4) is 0 Å². The molecule has 6 aliphatic rings. The Morgan fingerprint density at radius 1 is 1.02 bits per heavy atom. The van der Waals surface area contributed by atoms with E-state index in [0.29, 0.717) is 24.7 Å². The minimum atomic E-state index is -1.31. The molecular weight excluding hydrogens is 548 g/mol. The average molecular weight is 603 g/mol. The van der Waals surface area contributed by atoms with Crippen molar-refractivity contribution in [2.24, 2.45) is 45.3 Å². The molecule has 0 amide bonds. The number of aliphatic hydroxyl groups excluding tert-OH is 3. The molecule has 12 atom stereocenters. The van der Waals surface area contributed by atoms with Crippen LogP contribution in [0.4, 0.5) is 0 Å². The van der Waals surface area contributed by atoms with Crippen LogP contribution in [0.5, 0.6) is 0 Å². The standard InChI is InChI=1S/C35H54O8/c1-19(2)9-8-14-34(7)28-22(36)17-33(6)21-10-11-24-31(3,4)25(42-29-27(39)26(38)23(37)18-41-29)13-15-32(24,5)20(21)12-16-35(28,33)30(40)43-34/h12,19,21,23-29,37-39H,8-11,13-18H2,1-7H3/t21-,23-,24+,25+,26+,27-,28-,29+,32-,33+,34+,35-/m1/s1. The Morgan fingerprint density at radius 2 is 1.74 bits per heavy atom. The molecule has 1 spiro atoms. The second kappa shape index (κ2) is 10.3. The quantitative estimate of drug-likeness (QED) is 0.227. The van der Waals surface area contributed by atoms with E-state index in [0.717, 1.165) is 44.9 Å². The molecule has 0 radical (unpaired) electrons. The van der Waals surface area contributed by atoms with Gasteiger partial charge < -0.3 is 29.5 Å². The topological polar surface area (TPSA) is 123 Å². The molecule has 5 fully saturated rings. The molecule has 0 unspecified atom stereocenters. The summed E-state index contributed by atoms with van der Waals surface area (Å²) in [5.74, 6) is 0.675. The van der Waals surface area contributed by atoms with Gasteiger partial charge in [0.2, 0.25) is 0 Å². The molecule has 2 aliphatic heterocycles. The zero-order valence-corrected chi connectivity index (χ0v) is 27.2. The molecule has 2 heterocycles. The minimum Gasteiger partial charge on any atom is -0.458 e. The van der Waals surface area contributed by atoms with E-state index in [1.165, 1.54) is 5.57 Å². The number of hydrogen-bond acceptors (Lipinski definition) is 8. The molecule has 3 saturated carbocycles. The number of aliphatic hydroxyl groups is 3. The molecular formula is C35H54O8. The molecule has 8 heteroatoms. The molecule has 43 heavy (non-hydrogen) atoms. The smallest absolute Gasteiger partial charge is 0.314 e. The minimum absolute atomic E-state index is 0.0784. The first-order valence-electron chi connectivity index (χ1n) is 16.8. The van der Waals surface area contributed by atoms with Crippen LogP contribution in [-0.2, 0) is 23.8 Å². The van der Waals surface area contributed by atoms with Gasteiger partial charge in [-0.05, 0) is 85.9 Å². The summed E-state index contributed by atoms with van der Waals surface area (Å²) in [6.07, 6.45) is 4.67. The molecule has 0 bridgehead atoms. The summed E-state index contributed by atoms with van der Waals surface area (Å²) in [4.78, 5) is 28.0. The van der Waals surface area contributed by atoms with E-state index in [-0.39, 0.29) is 47.1 Å². The Labute approximate surface area is 256 Å². The number of carbonyl (C=O) groups excluding carboxylic acids is 2. The number of Topliss-reactive ketones (excluding diaryl/α,β-unsaturated/α-hetero) is 1. The zero-order valence-electron chi connectivity index (χ0n) is 27.2. The second-order valence-corrected chi connectivity index (χ2v) is 16.7. The summed E-state index contributed by atoms with van der Waals surface area (Å²) < 4.78 is 18.3. The maximum Gasteiger partial charge on any atom is 0.314 e. The third-order valence-electron chi connectivity index (χ3n) is 13.5. The van der Waals surface area contributed by atoms with E-state index in [4.69, 9.17) is 14.2 Å². The van der Waals surface area contributed by atoms with Gasteiger partial charge >= 0.3 is 5.97 Å². The highest BCUT2D eigenvalue weighted by Crippen LogP contribution is 2.75. The SMILES string of the molecule is CC(C)CCC[C@]1(C)OC(=O)[C@]23CC=C4[C@@H](CC[C@H]5C(C)(C)[C@@H](O[C@@H]6OC[C@@H](O)[C@H](O)[C@H]6O)CC[C@]45C)[C@]2(C)CC(=O)[C@@H]31. The normalized spacial score (nSPS) is 50.4. The van der Waals surface area contributed by atoms with Crippen molar-refractivity contribution in [1.82, 2.24) is 0 Å². The Bertz CT molecular complexity index is 1180. The van der Waals surface area contributed by atoms with Crippen LogP contribution in [0.2, 0.25) is 0 Å². The first kappa shape index (κ1) is 31.7. The van der Waals surface area contributed by atoms with Crippen LogP contribution < -0.4 is 0 Å². The molecule has 6 rings (SSSR count). The number of allylic oxidation sites excluding steroid dienone is 2. The molecule has 4 aliphatic carbocycles. The molecule has 242 valence electrons. The number of hydrogen-bond donors (Lipinski definition) is 3. The summed E-state index contributed by atoms with van der Waals surface area (Å²) >= 11 is 0. The highest BCUT2D eigenvalue weighted by molar-refractivity contribution is 5.99. The summed E-state index contributed by atoms with van der Waals surface area (Å²) in [6.45, 7) is 15.4. The van der Waals surface area contributed by atoms with E-state index in [1.807, 2.05) is 6.92 Å². The third-order valence-corrected chi connectivity index (χ3v) is 13.5. The van der Waals surface area contributed by atoms with E-state index >= 15 is 0 Å². The predicted octanol–water partition coefficient (Wildman–Crippen LogP) is 4.72. The zero-order chi connectivity index (χ0) is 31.3. The van der Waals surface area contributed by atoms with Crippen LogP contribution in [0.25, 0.3) is 0 Å². The maximum absolute atomic E-state index is 14.0. The van der Waals surface area contributed by atoms with Gasteiger partial charge in [-0.15, -0.1) is 0 Å². The molecule has 2 saturated heterocycles. The molecule has 3 N–H and O–H groups in total. The van der Waals surface area contributed by atoms with E-state index < -0.39 is 41.0 Å². The number of ether oxygens (including phenoxy) is 3. The van der Waals surface area contributed by atoms with E-state index in [2.05, 4.69) is 47.6 Å². The number of cyclic esters (lactones) is 1. The lowest BCUT2D eigenvalue weighted by atomic mass is 9.41. The van der Waals surface area contributed by atoms with Gasteiger partial charge in [0.15, 0.2) is 6.29 Å². The highest BCUT2D eigenvalue weighted by atomic mass is 16.7. The van der Waals surface area contributed by atoms with Crippen LogP contribution in [0.1, 0.15) is 106 Å². The molecule has 0 aromatic carbocycles. The number of rotatable bonds is 6. The van der Waals surface area contributed by atoms with Crippen LogP contribution in [0.15, 0.2) is 11.6 Å². The van der Waals surface area contributed by atoms with Crippen LogP contribution in [0.3, 0.4) is 0 Å². The summed E-state index contributed by atoms with van der Waals surface area (Å²) in [5, 5.41) is 30.6. The summed E-state index contributed by atoms with van der Waals surface area (Å²) in [7, 11) is 0. The fraction of sp³-hybridized carbons (Fsp3) is 0.886. The highest BCUT2D eigenvalue weighted by Gasteiger charge is 2.78. The molecule has 0 aromatic rings. The van der Waals surface area contributed by atoms with Crippen molar-refractivity contribution in [2.75, 3.05) is 6.61 Å². The van der Waals surface area contributed by atoms with Crippen molar-refractivity contribution in [3.05, 3.63) is 11.6 Å². The first-order valence-corrected chi connectivity index (χ1v) is 16.8. The van der Waals surface area contributed by atoms with Gasteiger partial charge in [0.05, 0.1) is 24.0 Å². The number of esters is 1. The lowest BCUT2D eigenvalue weighted by molar-refractivity contribution is -0.302. The Kier molecular flexibility index (Phi) is 7.62. The Morgan fingerprint density at radius 3 is 2.44 bits per heavy atom. The Balaban J connectivity index is 1.28. The fourth-order valence-corrected chi connectivity index (χ4v) is 11.3. The van der Waals surface area contributed by atoms with Crippen LogP contribution in [-0.4, -0.2) is 70.0 Å². The number of carbonyl (C=O) groups is 2. The fourth-order valence-electron chi connectivity index (χ4n) is 11.3. The van der Waals surface area contributed by atoms with Crippen LogP contribution >= 0.6 is 0 Å². The largest absolute Gasteiger partial charge is 0.458 e. The van der Waals surface area contributed by atoms with Gasteiger partial charge in [0, 0.05) is 6.42 Å². The monoisotopic (exact) mass is 602 g/mol. The average Bonchev–Trinajstić information content (AvgIpc) is 3.31. The van der Waals surface area contributed by atoms with Crippen molar-refractivity contribution in [2.45, 2.75) is 143 Å². The van der Waals surface area contributed by atoms with Crippen molar-refractivity contribution in [3.63, 3.8) is 0 Å². The van der Waals surface area contributed by atoms with Crippen LogP contribution in [0, 0.1) is 45.3 Å². The van der Waals surface area contributed by atoms with E-state index in [1.54, 1.807) is 0 Å². The summed E-state index contributed by atoms with van der Waals surface area (Å²) in [6, 6.07) is 0. The van der Waals surface area contributed by atoms with Gasteiger partial charge in [-0.25, -0.2) is 0 Å². The number of ketones is 1. The predicted molar refractivity (Wildman–Crippen MR) is 160 cm³/mol. The van der Waals surface area contributed by atoms with Gasteiger partial charge in [0.25, 0.3) is 0 Å². The van der Waals surface area contributed by atoms with E-state index in [9.17, 15) is 24.9 Å². The van der Waals surface area contributed by atoms with Gasteiger partial charge in [-0.2, -0.15) is 0 Å². The van der Waals surface area contributed by atoms with Crippen molar-refractivity contribution >= 4 is 11.8 Å². The van der Waals surface area contributed by atoms with Crippen molar-refractivity contribution < 1.29 is 39.1 Å². The number of fused-ring (bicyclic) bond motifs is 4. The van der Waals surface area contributed by atoms with Crippen molar-refractivity contribution in [1.29, 1.82) is 0 Å². The lowest BCUT2D eigenvalue weighted by Gasteiger charge is -2.63. The summed E-state index contributed by atoms with van der Waals surface area (Å²) in [5.41, 5.74) is -0.944. The second-order valence-electron chi connectivity index (χ2n) is 16.7. The Hall–Kier alpha value is -1.32.